The molecule has 16 heteroatoms. The van der Waals surface area contributed by atoms with E-state index in [0.717, 1.165) is 55.8 Å². The minimum absolute atomic E-state index is 0.00380. The maximum atomic E-state index is 13.6. The summed E-state index contributed by atoms with van der Waals surface area (Å²) in [6, 6.07) is 64.8. The summed E-state index contributed by atoms with van der Waals surface area (Å²) in [5, 5.41) is 4.39. The molecular weight excluding hydrogens is 1140 g/mol. The number of ketones is 1. The van der Waals surface area contributed by atoms with Gasteiger partial charge in [0.05, 0.1) is 25.1 Å². The van der Waals surface area contributed by atoms with Crippen LogP contribution in [0.3, 0.4) is 0 Å². The number of amides is 1. The third-order valence-corrected chi connectivity index (χ3v) is 14.1. The molecule has 1 aliphatic rings. The number of carbonyl (C=O) groups is 4. The van der Waals surface area contributed by atoms with Gasteiger partial charge in [-0.1, -0.05) is 251 Å². The van der Waals surface area contributed by atoms with Crippen molar-refractivity contribution in [3.8, 4) is 11.8 Å². The quantitative estimate of drug-likeness (QED) is 0.0157. The van der Waals surface area contributed by atoms with E-state index < -0.39 is 23.1 Å². The van der Waals surface area contributed by atoms with Crippen molar-refractivity contribution in [2.24, 2.45) is 5.11 Å². The van der Waals surface area contributed by atoms with Crippen LogP contribution in [0.25, 0.3) is 10.4 Å². The topological polar surface area (TPSA) is 139 Å². The van der Waals surface area contributed by atoms with Gasteiger partial charge in [0.25, 0.3) is 0 Å². The lowest BCUT2D eigenvalue weighted by atomic mass is 9.79. The fraction of sp³-hybridized carbons (Fsp3) is 0.182. The second kappa shape index (κ2) is 32.1. The first-order valence-corrected chi connectivity index (χ1v) is 30.1. The van der Waals surface area contributed by atoms with Crippen molar-refractivity contribution in [1.29, 1.82) is 0 Å². The molecule has 0 saturated carbocycles. The molecule has 1 amide bonds. The largest absolute Gasteiger partial charge is 0.444 e. The molecule has 0 spiro atoms. The Morgan fingerprint density at radius 2 is 0.963 bits per heavy atom. The van der Waals surface area contributed by atoms with Gasteiger partial charge in [0, 0.05) is 85.3 Å². The predicted molar refractivity (Wildman–Crippen MR) is 338 cm³/mol. The lowest BCUT2D eigenvalue weighted by Gasteiger charge is -2.36. The molecule has 0 fully saturated rings. The van der Waals surface area contributed by atoms with Gasteiger partial charge < -0.3 is 14.4 Å². The number of azide groups is 1. The summed E-state index contributed by atoms with van der Waals surface area (Å²) >= 11 is 21.1. The number of Topliss-reactive ketones (excluding diaryl/α,β-unsaturated/α-hetero) is 1. The highest BCUT2D eigenvalue weighted by Crippen LogP contribution is 2.45. The van der Waals surface area contributed by atoms with Crippen molar-refractivity contribution in [2.45, 2.75) is 70.1 Å². The summed E-state index contributed by atoms with van der Waals surface area (Å²) in [4.78, 5) is 57.5. The average molecular weight is 1200 g/mol. The fourth-order valence-electron chi connectivity index (χ4n) is 9.49. The molecule has 9 rings (SSSR count). The number of nitrogens with zero attached hydrogens (tertiary/aromatic N) is 4. The van der Waals surface area contributed by atoms with E-state index in [1.165, 1.54) is 0 Å². The Labute approximate surface area is 504 Å². The van der Waals surface area contributed by atoms with E-state index >= 15 is 0 Å². The summed E-state index contributed by atoms with van der Waals surface area (Å²) in [5.74, 6) is 5.25. The number of carbonyl (C=O) groups excluding carboxylic acids is 4. The summed E-state index contributed by atoms with van der Waals surface area (Å²) in [7, 11) is 5.11. The number of para-hydroxylation sites is 1. The van der Waals surface area contributed by atoms with Crippen LogP contribution in [0.2, 0.25) is 10.0 Å². The lowest BCUT2D eigenvalue weighted by Crippen LogP contribution is -2.35. The first-order chi connectivity index (χ1) is 39.9. The molecule has 0 radical (unpaired) electrons. The molecule has 0 N–H and O–H groups in total. The van der Waals surface area contributed by atoms with Gasteiger partial charge in [-0.3, -0.25) is 19.2 Å². The Hall–Kier alpha value is -7.67. The maximum Gasteiger partial charge on any atom is 0.307 e. The number of fused-ring (bicyclic) bond motifs is 2. The van der Waals surface area contributed by atoms with Crippen LogP contribution in [0.1, 0.15) is 99.7 Å². The van der Waals surface area contributed by atoms with Gasteiger partial charge in [-0.2, -0.15) is 0 Å². The van der Waals surface area contributed by atoms with E-state index in [-0.39, 0.29) is 50.3 Å². The molecule has 0 aromatic heterocycles. The van der Waals surface area contributed by atoms with Crippen molar-refractivity contribution in [3.63, 3.8) is 0 Å². The van der Waals surface area contributed by atoms with Crippen molar-refractivity contribution in [2.75, 3.05) is 11.4 Å². The third-order valence-electron chi connectivity index (χ3n) is 13.4. The zero-order chi connectivity index (χ0) is 58.9. The molecule has 1 aliphatic heterocycles. The highest BCUT2D eigenvalue weighted by Gasteiger charge is 2.43. The first kappa shape index (κ1) is 63.5. The Morgan fingerprint density at radius 1 is 0.537 bits per heavy atom. The van der Waals surface area contributed by atoms with Gasteiger partial charge in [-0.25, -0.2) is 0 Å². The molecule has 10 nitrogen and oxygen atoms in total. The zero-order valence-electron chi connectivity index (χ0n) is 45.1. The molecule has 8 aromatic carbocycles. The van der Waals surface area contributed by atoms with Crippen LogP contribution < -0.4 is 4.90 Å². The van der Waals surface area contributed by atoms with Gasteiger partial charge in [0.2, 0.25) is 5.91 Å². The number of halogens is 2. The normalized spacial score (nSPS) is 12.3. The summed E-state index contributed by atoms with van der Waals surface area (Å²) in [6.07, 6.45) is 0.607. The number of hydrogen-bond acceptors (Lipinski definition) is 9. The number of hydrogen-bond donors (Lipinski definition) is 0. The van der Waals surface area contributed by atoms with Crippen LogP contribution >= 0.6 is 39.2 Å². The Bertz CT molecular complexity index is 3580. The smallest absolute Gasteiger partial charge is 0.307 e. The van der Waals surface area contributed by atoms with Crippen molar-refractivity contribution < 1.29 is 28.7 Å². The van der Waals surface area contributed by atoms with Crippen LogP contribution in [-0.2, 0) is 70.0 Å². The molecule has 1 heterocycles. The second-order valence-corrected chi connectivity index (χ2v) is 19.5. The van der Waals surface area contributed by atoms with E-state index in [1.54, 1.807) is 17.0 Å². The Balaban J connectivity index is 0.000000279. The maximum absolute atomic E-state index is 13.6. The van der Waals surface area contributed by atoms with Crippen LogP contribution in [0, 0.1) is 25.7 Å². The summed E-state index contributed by atoms with van der Waals surface area (Å²) < 4.78 is 12.6. The number of rotatable bonds is 18. The van der Waals surface area contributed by atoms with Crippen LogP contribution in [0.15, 0.2) is 211 Å². The number of anilines is 1. The van der Waals surface area contributed by atoms with E-state index in [1.807, 2.05) is 208 Å². The number of ether oxygens (including phenoxy) is 2. The first-order valence-electron chi connectivity index (χ1n) is 26.0. The van der Waals surface area contributed by atoms with E-state index in [4.69, 9.17) is 38.2 Å². The molecular formula is C66H58Cl2N4O6P2S2. The lowest BCUT2D eigenvalue weighted by molar-refractivity contribution is -0.154. The predicted octanol–water partition coefficient (Wildman–Crippen LogP) is 16.3. The number of benzene rings is 8. The SMILES string of the molecule is Cc1ccc(C(OC(=O)CCC(=O)CCCC(=O)N2Cc3ccccc3C#Cc3ccccc32)(c2ccccc2)c2ccccc2Cl)cc1.Cc1ccc(C(OC(=O)CCN=[N+]=[N-])(c2ccccc2)c2ccccc2Cl)cc1.P=S.P=S. The van der Waals surface area contributed by atoms with E-state index in [9.17, 15) is 19.2 Å². The standard InChI is InChI=1S/C43H36ClNO4.C23H20ClN3O2.2HPS/c1-31-22-26-36(27-23-31)43(35-15-3-2-4-16-35,38-18-8-9-19-39(38)44)49-42(48)29-28-37(46)17-11-21-41(47)45-30-34-14-6-5-12-32(34)24-25-33-13-7-10-20-40(33)45;1-17-11-13-19(14-12-17)23(18-7-3-2-4-8-18,20-9-5-6-10-21(20)24)29-22(28)15-16-26-27-25;2*1-2/h2-10,12-16,18-20,22-23,26-27H,11,17,21,28-30H2,1H3;2-14H,15-16H2,1H3;2*1H. The van der Waals surface area contributed by atoms with Crippen LogP contribution in [0.4, 0.5) is 5.69 Å². The van der Waals surface area contributed by atoms with Crippen LogP contribution in [-0.4, -0.2) is 30.2 Å². The summed E-state index contributed by atoms with van der Waals surface area (Å²) in [6.45, 7) is 4.42. The Morgan fingerprint density at radius 3 is 1.48 bits per heavy atom. The van der Waals surface area contributed by atoms with Crippen molar-refractivity contribution in [3.05, 3.63) is 288 Å². The monoisotopic (exact) mass is 1200 g/mol. The van der Waals surface area contributed by atoms with E-state index in [2.05, 4.69) is 61.5 Å². The van der Waals surface area contributed by atoms with Gasteiger partial charge >= 0.3 is 11.9 Å². The highest BCUT2D eigenvalue weighted by molar-refractivity contribution is 7.89. The van der Waals surface area contributed by atoms with Gasteiger partial charge in [0.1, 0.15) is 5.78 Å². The van der Waals surface area contributed by atoms with Gasteiger partial charge in [-0.05, 0) is 77.7 Å². The third kappa shape index (κ3) is 16.1. The molecule has 2 atom stereocenters. The molecule has 2 unspecified atom stereocenters. The van der Waals surface area contributed by atoms with Crippen molar-refractivity contribution >= 4 is 92.2 Å². The minimum atomic E-state index is -1.33. The number of aryl methyl sites for hydroxylation is 2. The minimum Gasteiger partial charge on any atom is -0.444 e. The molecule has 0 bridgehead atoms. The van der Waals surface area contributed by atoms with Crippen LogP contribution in [0.5, 0.6) is 0 Å². The Kier molecular flexibility index (Phi) is 24.9. The molecule has 0 saturated heterocycles. The highest BCUT2D eigenvalue weighted by atomic mass is 35.5. The molecule has 8 aromatic rings. The number of esters is 2. The average Bonchev–Trinajstić information content (AvgIpc) is 3.52. The molecule has 82 heavy (non-hydrogen) atoms. The zero-order valence-corrected chi connectivity index (χ0v) is 50.2. The van der Waals surface area contributed by atoms with Crippen molar-refractivity contribution in [1.82, 2.24) is 0 Å². The molecule has 0 aliphatic carbocycles. The second-order valence-electron chi connectivity index (χ2n) is 18.7. The fourth-order valence-corrected chi connectivity index (χ4v) is 10.0. The van der Waals surface area contributed by atoms with E-state index in [0.29, 0.717) is 34.1 Å². The summed E-state index contributed by atoms with van der Waals surface area (Å²) in [5.41, 5.74) is 15.8. The van der Waals surface area contributed by atoms with Gasteiger partial charge in [-0.15, -0.1) is 0 Å². The van der Waals surface area contributed by atoms with Gasteiger partial charge in [0.15, 0.2) is 11.2 Å². The molecule has 414 valence electrons.